The van der Waals surface area contributed by atoms with Crippen molar-refractivity contribution in [3.63, 3.8) is 0 Å². The maximum Gasteiger partial charge on any atom is 0.162 e. The minimum atomic E-state index is 0.770. The lowest BCUT2D eigenvalue weighted by Gasteiger charge is -2.35. The molecule has 1 aliphatic heterocycles. The molecule has 0 aliphatic carbocycles. The molecule has 0 saturated carbocycles. The van der Waals surface area contributed by atoms with Gasteiger partial charge in [0.1, 0.15) is 11.4 Å². The Morgan fingerprint density at radius 3 is 1.69 bits per heavy atom. The molecular formula is C29H21NO2. The molecule has 0 bridgehead atoms. The maximum atomic E-state index is 6.80. The number of nitrogens with zero attached hydrogens (tertiary/aromatic N) is 1. The summed E-state index contributed by atoms with van der Waals surface area (Å²) in [5.74, 6) is 1.58. The first-order valence-electron chi connectivity index (χ1n) is 10.7. The highest BCUT2D eigenvalue weighted by atomic mass is 16.7. The first-order chi connectivity index (χ1) is 15.9. The molecule has 0 radical (unpaired) electrons. The number of rotatable bonds is 3. The van der Waals surface area contributed by atoms with Crippen molar-refractivity contribution in [1.29, 1.82) is 0 Å². The SMILES string of the molecule is CON1C(c2ccccc2)=C(c2ccccc2)Oc2c1c1ccccc1c1ccccc21. The summed E-state index contributed by atoms with van der Waals surface area (Å²) in [6.45, 7) is 0. The molecule has 5 aromatic carbocycles. The van der Waals surface area contributed by atoms with Gasteiger partial charge >= 0.3 is 0 Å². The number of fused-ring (bicyclic) bond motifs is 6. The average Bonchev–Trinajstić information content (AvgIpc) is 2.88. The number of hydroxylamine groups is 1. The van der Waals surface area contributed by atoms with Crippen molar-refractivity contribution < 1.29 is 9.57 Å². The fourth-order valence-corrected chi connectivity index (χ4v) is 4.56. The van der Waals surface area contributed by atoms with Crippen LogP contribution in [0.25, 0.3) is 33.0 Å². The molecule has 5 aromatic rings. The highest BCUT2D eigenvalue weighted by molar-refractivity contribution is 6.19. The quantitative estimate of drug-likeness (QED) is 0.289. The van der Waals surface area contributed by atoms with E-state index >= 15 is 0 Å². The van der Waals surface area contributed by atoms with Crippen molar-refractivity contribution >= 4 is 38.7 Å². The van der Waals surface area contributed by atoms with Crippen molar-refractivity contribution in [3.05, 3.63) is 120 Å². The van der Waals surface area contributed by atoms with Crippen LogP contribution in [0.5, 0.6) is 5.75 Å². The van der Waals surface area contributed by atoms with E-state index in [2.05, 4.69) is 72.8 Å². The topological polar surface area (TPSA) is 21.7 Å². The summed E-state index contributed by atoms with van der Waals surface area (Å²) in [4.78, 5) is 6.09. The molecule has 6 rings (SSSR count). The van der Waals surface area contributed by atoms with E-state index < -0.39 is 0 Å². The molecule has 0 N–H and O–H groups in total. The van der Waals surface area contributed by atoms with Crippen LogP contribution in [-0.4, -0.2) is 7.11 Å². The summed E-state index contributed by atoms with van der Waals surface area (Å²) >= 11 is 0. The third-order valence-electron chi connectivity index (χ3n) is 5.95. The monoisotopic (exact) mass is 415 g/mol. The summed E-state index contributed by atoms with van der Waals surface area (Å²) in [6.07, 6.45) is 0. The van der Waals surface area contributed by atoms with Gasteiger partial charge in [0.15, 0.2) is 11.5 Å². The summed E-state index contributed by atoms with van der Waals surface area (Å²) < 4.78 is 6.80. The van der Waals surface area contributed by atoms with Crippen molar-refractivity contribution in [2.24, 2.45) is 0 Å². The Morgan fingerprint density at radius 1 is 0.562 bits per heavy atom. The Kier molecular flexibility index (Phi) is 4.41. The second-order valence-electron chi connectivity index (χ2n) is 7.76. The Balaban J connectivity index is 1.75. The molecule has 1 aliphatic rings. The highest BCUT2D eigenvalue weighted by Crippen LogP contribution is 2.51. The average molecular weight is 415 g/mol. The smallest absolute Gasteiger partial charge is 0.162 e. The van der Waals surface area contributed by atoms with E-state index in [0.717, 1.165) is 50.2 Å². The van der Waals surface area contributed by atoms with Crippen molar-refractivity contribution in [2.75, 3.05) is 12.2 Å². The molecule has 1 heterocycles. The summed E-state index contributed by atoms with van der Waals surface area (Å²) in [5, 5.41) is 6.40. The van der Waals surface area contributed by atoms with Gasteiger partial charge < -0.3 is 4.74 Å². The van der Waals surface area contributed by atoms with Crippen LogP contribution in [0, 0.1) is 0 Å². The van der Waals surface area contributed by atoms with Gasteiger partial charge in [0.05, 0.1) is 7.11 Å². The van der Waals surface area contributed by atoms with Crippen LogP contribution in [0.15, 0.2) is 109 Å². The molecule has 154 valence electrons. The molecule has 0 atom stereocenters. The zero-order chi connectivity index (χ0) is 21.5. The van der Waals surface area contributed by atoms with Crippen LogP contribution in [0.4, 0.5) is 5.69 Å². The molecule has 0 amide bonds. The van der Waals surface area contributed by atoms with E-state index in [1.807, 2.05) is 41.5 Å². The molecule has 0 unspecified atom stereocenters. The maximum absolute atomic E-state index is 6.80. The van der Waals surface area contributed by atoms with Gasteiger partial charge in [0.25, 0.3) is 0 Å². The van der Waals surface area contributed by atoms with Crippen LogP contribution < -0.4 is 9.80 Å². The van der Waals surface area contributed by atoms with Crippen LogP contribution in [0.1, 0.15) is 11.1 Å². The molecular weight excluding hydrogens is 394 g/mol. The van der Waals surface area contributed by atoms with Gasteiger partial charge in [-0.2, -0.15) is 0 Å². The van der Waals surface area contributed by atoms with E-state index in [9.17, 15) is 0 Å². The van der Waals surface area contributed by atoms with Gasteiger partial charge in [0, 0.05) is 21.9 Å². The van der Waals surface area contributed by atoms with E-state index in [1.165, 1.54) is 5.39 Å². The number of hydrogen-bond donors (Lipinski definition) is 0. The normalized spacial score (nSPS) is 13.3. The molecule has 0 spiro atoms. The lowest BCUT2D eigenvalue weighted by atomic mass is 9.96. The third-order valence-corrected chi connectivity index (χ3v) is 5.95. The van der Waals surface area contributed by atoms with Gasteiger partial charge in [-0.05, 0) is 10.8 Å². The first-order valence-corrected chi connectivity index (χ1v) is 10.7. The van der Waals surface area contributed by atoms with Crippen molar-refractivity contribution in [2.45, 2.75) is 0 Å². The third kappa shape index (κ3) is 2.79. The Bertz CT molecular complexity index is 1470. The molecule has 0 aromatic heterocycles. The summed E-state index contributed by atoms with van der Waals surface area (Å²) in [5.41, 5.74) is 3.82. The fourth-order valence-electron chi connectivity index (χ4n) is 4.56. The molecule has 0 fully saturated rings. The number of hydrogen-bond acceptors (Lipinski definition) is 3. The van der Waals surface area contributed by atoms with Gasteiger partial charge in [-0.15, -0.1) is 0 Å². The van der Waals surface area contributed by atoms with E-state index in [-0.39, 0.29) is 0 Å². The van der Waals surface area contributed by atoms with Crippen LogP contribution in [0.3, 0.4) is 0 Å². The first kappa shape index (κ1) is 18.7. The summed E-state index contributed by atoms with van der Waals surface area (Å²) in [6, 6.07) is 37.3. The second kappa shape index (κ2) is 7.56. The van der Waals surface area contributed by atoms with E-state index in [1.54, 1.807) is 7.11 Å². The van der Waals surface area contributed by atoms with Crippen LogP contribution in [0.2, 0.25) is 0 Å². The van der Waals surface area contributed by atoms with E-state index in [4.69, 9.17) is 9.57 Å². The van der Waals surface area contributed by atoms with Crippen LogP contribution >= 0.6 is 0 Å². The molecule has 3 heteroatoms. The second-order valence-corrected chi connectivity index (χ2v) is 7.76. The minimum Gasteiger partial charge on any atom is -0.451 e. The van der Waals surface area contributed by atoms with Gasteiger partial charge in [-0.25, -0.2) is 5.06 Å². The van der Waals surface area contributed by atoms with Gasteiger partial charge in [-0.1, -0.05) is 109 Å². The molecule has 3 nitrogen and oxygen atoms in total. The fraction of sp³-hybridized carbons (Fsp3) is 0.0345. The lowest BCUT2D eigenvalue weighted by molar-refractivity contribution is 0.200. The lowest BCUT2D eigenvalue weighted by Crippen LogP contribution is -2.27. The zero-order valence-corrected chi connectivity index (χ0v) is 17.7. The Labute approximate surface area is 186 Å². The molecule has 0 saturated heterocycles. The number of benzene rings is 5. The van der Waals surface area contributed by atoms with Gasteiger partial charge in [-0.3, -0.25) is 4.84 Å². The Hall–Kier alpha value is -4.08. The van der Waals surface area contributed by atoms with Crippen molar-refractivity contribution in [3.8, 4) is 5.75 Å². The van der Waals surface area contributed by atoms with Crippen LogP contribution in [-0.2, 0) is 4.84 Å². The summed E-state index contributed by atoms with van der Waals surface area (Å²) in [7, 11) is 1.71. The minimum absolute atomic E-state index is 0.770. The standard InChI is InChI=1S/C29H21NO2/c1-31-30-26(20-12-4-2-5-13-20)28(21-14-6-3-7-15-21)32-29-25-19-11-9-17-23(25)22-16-8-10-18-24(22)27(29)30/h2-19H,1H3. The largest absolute Gasteiger partial charge is 0.451 e. The van der Waals surface area contributed by atoms with Crippen molar-refractivity contribution in [1.82, 2.24) is 0 Å². The number of anilines is 1. The van der Waals surface area contributed by atoms with E-state index in [0.29, 0.717) is 0 Å². The Morgan fingerprint density at radius 2 is 1.06 bits per heavy atom. The van der Waals surface area contributed by atoms with Gasteiger partial charge in [0.2, 0.25) is 0 Å². The molecule has 32 heavy (non-hydrogen) atoms. The predicted octanol–water partition coefficient (Wildman–Crippen LogP) is 7.28. The zero-order valence-electron chi connectivity index (χ0n) is 17.7. The number of ether oxygens (including phenoxy) is 1. The highest BCUT2D eigenvalue weighted by Gasteiger charge is 2.33. The predicted molar refractivity (Wildman–Crippen MR) is 131 cm³/mol.